The maximum absolute atomic E-state index is 12.3. The molecule has 1 unspecified atom stereocenters. The SMILES string of the molecule is O=C1C2CCNN2C=CN1CCC(=O)N1CCCCC1. The van der Waals surface area contributed by atoms with Gasteiger partial charge in [0.1, 0.15) is 6.04 Å². The third-order valence-electron chi connectivity index (χ3n) is 4.30. The molecule has 0 aromatic carbocycles. The van der Waals surface area contributed by atoms with Crippen molar-refractivity contribution in [2.24, 2.45) is 0 Å². The lowest BCUT2D eigenvalue weighted by Gasteiger charge is -2.32. The number of amides is 2. The van der Waals surface area contributed by atoms with Crippen LogP contribution in [0.1, 0.15) is 32.1 Å². The summed E-state index contributed by atoms with van der Waals surface area (Å²) in [6.07, 6.45) is 8.37. The summed E-state index contributed by atoms with van der Waals surface area (Å²) in [5.41, 5.74) is 3.15. The number of hydrogen-bond donors (Lipinski definition) is 1. The molecule has 6 heteroatoms. The first-order valence-corrected chi connectivity index (χ1v) is 7.54. The smallest absolute Gasteiger partial charge is 0.250 e. The standard InChI is InChI=1S/C14H22N4O2/c19-13(16-7-2-1-3-8-16)5-9-17-10-11-18-12(14(17)20)4-6-15-18/h10-12,15H,1-9H2. The van der Waals surface area contributed by atoms with Crippen LogP contribution < -0.4 is 5.43 Å². The molecule has 20 heavy (non-hydrogen) atoms. The zero-order chi connectivity index (χ0) is 13.9. The highest BCUT2D eigenvalue weighted by Gasteiger charge is 2.34. The van der Waals surface area contributed by atoms with Gasteiger partial charge < -0.3 is 14.8 Å². The van der Waals surface area contributed by atoms with Crippen molar-refractivity contribution in [3.8, 4) is 0 Å². The predicted molar refractivity (Wildman–Crippen MR) is 74.1 cm³/mol. The highest BCUT2D eigenvalue weighted by atomic mass is 16.2. The summed E-state index contributed by atoms with van der Waals surface area (Å²) >= 11 is 0. The van der Waals surface area contributed by atoms with Crippen LogP contribution in [0.3, 0.4) is 0 Å². The van der Waals surface area contributed by atoms with Crippen LogP contribution in [-0.2, 0) is 9.59 Å². The Morgan fingerprint density at radius 1 is 1.25 bits per heavy atom. The monoisotopic (exact) mass is 278 g/mol. The first-order valence-electron chi connectivity index (χ1n) is 7.54. The van der Waals surface area contributed by atoms with Crippen molar-refractivity contribution in [3.63, 3.8) is 0 Å². The molecular weight excluding hydrogens is 256 g/mol. The summed E-state index contributed by atoms with van der Waals surface area (Å²) < 4.78 is 0. The Morgan fingerprint density at radius 3 is 2.85 bits per heavy atom. The molecule has 1 N–H and O–H groups in total. The molecule has 0 saturated carbocycles. The molecule has 1 atom stereocenters. The van der Waals surface area contributed by atoms with Gasteiger partial charge in [-0.05, 0) is 25.7 Å². The second-order valence-corrected chi connectivity index (χ2v) is 5.64. The fourth-order valence-corrected chi connectivity index (χ4v) is 3.10. The third-order valence-corrected chi connectivity index (χ3v) is 4.30. The number of nitrogens with zero attached hydrogens (tertiary/aromatic N) is 3. The molecule has 0 radical (unpaired) electrons. The van der Waals surface area contributed by atoms with Crippen LogP contribution in [0.25, 0.3) is 0 Å². The normalized spacial score (nSPS) is 26.1. The van der Waals surface area contributed by atoms with Gasteiger partial charge in [0.05, 0.1) is 0 Å². The molecule has 0 spiro atoms. The Balaban J connectivity index is 1.52. The lowest BCUT2D eigenvalue weighted by atomic mass is 10.1. The molecule has 110 valence electrons. The zero-order valence-corrected chi connectivity index (χ0v) is 11.8. The molecule has 3 heterocycles. The van der Waals surface area contributed by atoms with E-state index in [1.165, 1.54) is 6.42 Å². The second-order valence-electron chi connectivity index (χ2n) is 5.64. The average Bonchev–Trinajstić information content (AvgIpc) is 2.96. The molecule has 0 bridgehead atoms. The summed E-state index contributed by atoms with van der Waals surface area (Å²) in [4.78, 5) is 28.0. The highest BCUT2D eigenvalue weighted by Crippen LogP contribution is 2.18. The second kappa shape index (κ2) is 5.83. The van der Waals surface area contributed by atoms with E-state index in [4.69, 9.17) is 0 Å². The first kappa shape index (κ1) is 13.4. The number of hydrazine groups is 1. The molecule has 0 aromatic rings. The quantitative estimate of drug-likeness (QED) is 0.806. The minimum atomic E-state index is -0.0925. The molecule has 2 saturated heterocycles. The molecule has 0 aliphatic carbocycles. The number of carbonyl (C=O) groups excluding carboxylic acids is 2. The van der Waals surface area contributed by atoms with E-state index < -0.39 is 0 Å². The fourth-order valence-electron chi connectivity index (χ4n) is 3.10. The summed E-state index contributed by atoms with van der Waals surface area (Å²) in [7, 11) is 0. The van der Waals surface area contributed by atoms with Crippen LogP contribution in [-0.4, -0.2) is 58.8 Å². The largest absolute Gasteiger partial charge is 0.343 e. The predicted octanol–water partition coefficient (Wildman–Crippen LogP) is 0.281. The van der Waals surface area contributed by atoms with Gasteiger partial charge in [-0.25, -0.2) is 5.43 Å². The van der Waals surface area contributed by atoms with E-state index in [0.717, 1.165) is 38.9 Å². The van der Waals surface area contributed by atoms with Crippen molar-refractivity contribution >= 4 is 11.8 Å². The lowest BCUT2D eigenvalue weighted by molar-refractivity contribution is -0.136. The number of nitrogens with one attached hydrogen (secondary N) is 1. The van der Waals surface area contributed by atoms with Gasteiger partial charge in [-0.1, -0.05) is 0 Å². The van der Waals surface area contributed by atoms with Crippen molar-refractivity contribution in [3.05, 3.63) is 12.4 Å². The van der Waals surface area contributed by atoms with Gasteiger partial charge in [0.2, 0.25) is 5.91 Å². The fraction of sp³-hybridized carbons (Fsp3) is 0.714. The maximum Gasteiger partial charge on any atom is 0.250 e. The number of hydrogen-bond acceptors (Lipinski definition) is 4. The van der Waals surface area contributed by atoms with Crippen molar-refractivity contribution in [1.29, 1.82) is 0 Å². The highest BCUT2D eigenvalue weighted by molar-refractivity contribution is 5.85. The van der Waals surface area contributed by atoms with Crippen LogP contribution in [0.5, 0.6) is 0 Å². The summed E-state index contributed by atoms with van der Waals surface area (Å²) in [5.74, 6) is 0.279. The van der Waals surface area contributed by atoms with E-state index in [9.17, 15) is 9.59 Å². The molecule has 0 aromatic heterocycles. The van der Waals surface area contributed by atoms with Crippen LogP contribution >= 0.6 is 0 Å². The molecule has 2 fully saturated rings. The Bertz CT molecular complexity index is 417. The average molecular weight is 278 g/mol. The van der Waals surface area contributed by atoms with Gasteiger partial charge in [0, 0.05) is 45.0 Å². The van der Waals surface area contributed by atoms with E-state index >= 15 is 0 Å². The van der Waals surface area contributed by atoms with Gasteiger partial charge in [-0.3, -0.25) is 9.59 Å². The van der Waals surface area contributed by atoms with E-state index in [1.807, 2.05) is 16.1 Å². The van der Waals surface area contributed by atoms with Crippen molar-refractivity contribution in [1.82, 2.24) is 20.2 Å². The molecule has 6 nitrogen and oxygen atoms in total. The molecule has 2 amide bonds. The van der Waals surface area contributed by atoms with Gasteiger partial charge in [0.25, 0.3) is 5.91 Å². The molecule has 3 rings (SSSR count). The minimum Gasteiger partial charge on any atom is -0.343 e. The number of likely N-dealkylation sites (tertiary alicyclic amines) is 1. The van der Waals surface area contributed by atoms with Crippen LogP contribution in [0, 0.1) is 0 Å². The van der Waals surface area contributed by atoms with Crippen molar-refractivity contribution in [2.75, 3.05) is 26.2 Å². The van der Waals surface area contributed by atoms with E-state index in [1.54, 1.807) is 11.1 Å². The summed E-state index contributed by atoms with van der Waals surface area (Å²) in [6.45, 7) is 3.09. The zero-order valence-electron chi connectivity index (χ0n) is 11.8. The van der Waals surface area contributed by atoms with E-state index in [0.29, 0.717) is 13.0 Å². The van der Waals surface area contributed by atoms with Crippen LogP contribution in [0.2, 0.25) is 0 Å². The Kier molecular flexibility index (Phi) is 3.91. The number of fused-ring (bicyclic) bond motifs is 1. The van der Waals surface area contributed by atoms with Gasteiger partial charge in [-0.15, -0.1) is 0 Å². The Hall–Kier alpha value is -1.56. The van der Waals surface area contributed by atoms with Crippen LogP contribution in [0.15, 0.2) is 12.4 Å². The topological polar surface area (TPSA) is 55.9 Å². The number of piperidine rings is 1. The Labute approximate surface area is 119 Å². The number of carbonyl (C=O) groups is 2. The van der Waals surface area contributed by atoms with Gasteiger partial charge in [0.15, 0.2) is 0 Å². The van der Waals surface area contributed by atoms with Gasteiger partial charge >= 0.3 is 0 Å². The molecular formula is C14H22N4O2. The molecule has 3 aliphatic rings. The third kappa shape index (κ3) is 2.65. The summed E-state index contributed by atoms with van der Waals surface area (Å²) in [6, 6.07) is -0.0925. The van der Waals surface area contributed by atoms with Crippen molar-refractivity contribution in [2.45, 2.75) is 38.1 Å². The minimum absolute atomic E-state index is 0.0925. The molecule has 3 aliphatic heterocycles. The Morgan fingerprint density at radius 2 is 2.05 bits per heavy atom. The lowest BCUT2D eigenvalue weighted by Crippen LogP contribution is -2.48. The van der Waals surface area contributed by atoms with E-state index in [-0.39, 0.29) is 17.9 Å². The summed E-state index contributed by atoms with van der Waals surface area (Å²) in [5, 5.41) is 1.87. The maximum atomic E-state index is 12.3. The van der Waals surface area contributed by atoms with Crippen molar-refractivity contribution < 1.29 is 9.59 Å². The van der Waals surface area contributed by atoms with E-state index in [2.05, 4.69) is 5.43 Å². The van der Waals surface area contributed by atoms with Crippen LogP contribution in [0.4, 0.5) is 0 Å². The number of rotatable bonds is 3. The van der Waals surface area contributed by atoms with Gasteiger partial charge in [-0.2, -0.15) is 0 Å². The first-order chi connectivity index (χ1) is 9.75.